The minimum absolute atomic E-state index is 0.125. The van der Waals surface area contributed by atoms with Crippen LogP contribution in [0.1, 0.15) is 34.3 Å². The van der Waals surface area contributed by atoms with Gasteiger partial charge in [0, 0.05) is 63.2 Å². The van der Waals surface area contributed by atoms with Crippen LogP contribution in [-0.2, 0) is 5.75 Å². The van der Waals surface area contributed by atoms with Crippen LogP contribution in [0.5, 0.6) is 0 Å². The molecule has 1 aromatic heterocycles. The van der Waals surface area contributed by atoms with Gasteiger partial charge in [-0.25, -0.2) is 9.97 Å². The summed E-state index contributed by atoms with van der Waals surface area (Å²) < 4.78 is 0. The molecule has 5 rings (SSSR count). The fourth-order valence-corrected chi connectivity index (χ4v) is 5.74. The number of piperazine rings is 1. The summed E-state index contributed by atoms with van der Waals surface area (Å²) in [6, 6.07) is 20.1. The minimum atomic E-state index is 0.125. The van der Waals surface area contributed by atoms with Crippen molar-refractivity contribution in [2.75, 3.05) is 50.7 Å². The Morgan fingerprint density at radius 1 is 0.919 bits per heavy atom. The van der Waals surface area contributed by atoms with Gasteiger partial charge in [0.1, 0.15) is 11.0 Å². The number of aromatic nitrogens is 2. The van der Waals surface area contributed by atoms with Crippen LogP contribution in [0, 0.1) is 0 Å². The summed E-state index contributed by atoms with van der Waals surface area (Å²) in [6.45, 7) is 6.40. The maximum Gasteiger partial charge on any atom is 0.253 e. The molecule has 0 spiro atoms. The summed E-state index contributed by atoms with van der Waals surface area (Å²) in [5, 5.41) is 1.12. The predicted molar refractivity (Wildman–Crippen MR) is 152 cm³/mol. The van der Waals surface area contributed by atoms with Gasteiger partial charge in [0.15, 0.2) is 5.16 Å². The van der Waals surface area contributed by atoms with E-state index in [2.05, 4.69) is 51.2 Å². The third-order valence-corrected chi connectivity index (χ3v) is 7.88. The molecule has 0 atom stereocenters. The highest BCUT2D eigenvalue weighted by Gasteiger charge is 2.20. The van der Waals surface area contributed by atoms with Gasteiger partial charge in [0.05, 0.1) is 0 Å². The number of hydrogen-bond acceptors (Lipinski definition) is 6. The number of rotatable bonds is 8. The van der Waals surface area contributed by atoms with E-state index in [4.69, 9.17) is 16.6 Å². The molecule has 0 N–H and O–H groups in total. The van der Waals surface area contributed by atoms with Crippen molar-refractivity contribution in [3.63, 3.8) is 0 Å². The number of nitrogens with zero attached hydrogens (tertiary/aromatic N) is 5. The van der Waals surface area contributed by atoms with Crippen LogP contribution in [0.3, 0.4) is 0 Å². The molecule has 2 aliphatic rings. The number of benzene rings is 2. The van der Waals surface area contributed by atoms with Gasteiger partial charge in [-0.2, -0.15) is 0 Å². The summed E-state index contributed by atoms with van der Waals surface area (Å²) in [5.74, 6) is 1.68. The van der Waals surface area contributed by atoms with E-state index in [1.54, 1.807) is 11.8 Å². The highest BCUT2D eigenvalue weighted by atomic mass is 35.5. The molecule has 8 heteroatoms. The van der Waals surface area contributed by atoms with Crippen LogP contribution in [0.2, 0.25) is 5.15 Å². The lowest BCUT2D eigenvalue weighted by atomic mass is 10.1. The zero-order valence-electron chi connectivity index (χ0n) is 20.9. The normalized spacial score (nSPS) is 16.6. The van der Waals surface area contributed by atoms with E-state index < -0.39 is 0 Å². The highest BCUT2D eigenvalue weighted by molar-refractivity contribution is 7.98. The first-order valence-corrected chi connectivity index (χ1v) is 14.2. The quantitative estimate of drug-likeness (QED) is 0.217. The monoisotopic (exact) mass is 533 g/mol. The molecule has 37 heavy (non-hydrogen) atoms. The van der Waals surface area contributed by atoms with Crippen LogP contribution in [0.4, 0.5) is 5.82 Å². The van der Waals surface area contributed by atoms with E-state index in [1.807, 2.05) is 41.3 Å². The van der Waals surface area contributed by atoms with Crippen LogP contribution in [0.25, 0.3) is 6.08 Å². The maximum atomic E-state index is 12.7. The number of amides is 1. The summed E-state index contributed by atoms with van der Waals surface area (Å²) in [4.78, 5) is 28.7. The number of halogens is 1. The molecular formula is C29H32ClN5OS. The Balaban J connectivity index is 1.15. The largest absolute Gasteiger partial charge is 0.354 e. The summed E-state index contributed by atoms with van der Waals surface area (Å²) in [7, 11) is 0. The lowest BCUT2D eigenvalue weighted by Crippen LogP contribution is -2.46. The first-order chi connectivity index (χ1) is 18.1. The van der Waals surface area contributed by atoms with Gasteiger partial charge in [0.2, 0.25) is 0 Å². The Morgan fingerprint density at radius 3 is 2.49 bits per heavy atom. The molecular weight excluding hydrogens is 502 g/mol. The van der Waals surface area contributed by atoms with Crippen molar-refractivity contribution in [2.45, 2.75) is 23.8 Å². The van der Waals surface area contributed by atoms with Gasteiger partial charge < -0.3 is 9.80 Å². The van der Waals surface area contributed by atoms with Crippen LogP contribution >= 0.6 is 23.4 Å². The van der Waals surface area contributed by atoms with Crippen molar-refractivity contribution in [3.8, 4) is 0 Å². The smallest absolute Gasteiger partial charge is 0.253 e. The molecule has 6 nitrogen and oxygen atoms in total. The Morgan fingerprint density at radius 2 is 1.70 bits per heavy atom. The third-order valence-electron chi connectivity index (χ3n) is 6.77. The van der Waals surface area contributed by atoms with Gasteiger partial charge in [-0.05, 0) is 36.1 Å². The van der Waals surface area contributed by atoms with Crippen LogP contribution in [0.15, 0.2) is 71.9 Å². The highest BCUT2D eigenvalue weighted by Crippen LogP contribution is 2.26. The Bertz CT molecular complexity index is 1220. The number of thioether (sulfide) groups is 1. The Labute approximate surface area is 228 Å². The van der Waals surface area contributed by atoms with Gasteiger partial charge >= 0.3 is 0 Å². The van der Waals surface area contributed by atoms with E-state index in [0.717, 1.165) is 75.6 Å². The molecule has 1 amide bonds. The van der Waals surface area contributed by atoms with Gasteiger partial charge in [0.25, 0.3) is 5.91 Å². The molecule has 2 fully saturated rings. The standard InChI is InChI=1S/C29H32ClN5OS/c30-26-21-27(34-18-16-33(17-19-34)13-7-11-23-8-2-1-3-9-23)32-29(31-26)37-22-24-10-6-12-25(20-24)28(36)35-14-4-5-15-35/h1-3,6-12,20-21H,4-5,13-19,22H2. The molecule has 2 saturated heterocycles. The molecule has 0 aliphatic carbocycles. The zero-order chi connectivity index (χ0) is 25.5. The zero-order valence-corrected chi connectivity index (χ0v) is 22.5. The topological polar surface area (TPSA) is 52.6 Å². The second kappa shape index (κ2) is 12.6. The van der Waals surface area contributed by atoms with Crippen molar-refractivity contribution < 1.29 is 4.79 Å². The van der Waals surface area contributed by atoms with E-state index >= 15 is 0 Å². The van der Waals surface area contributed by atoms with Gasteiger partial charge in [-0.15, -0.1) is 0 Å². The van der Waals surface area contributed by atoms with E-state index in [-0.39, 0.29) is 5.91 Å². The van der Waals surface area contributed by atoms with E-state index in [1.165, 1.54) is 5.56 Å². The molecule has 2 aliphatic heterocycles. The minimum Gasteiger partial charge on any atom is -0.354 e. The molecule has 0 bridgehead atoms. The number of carbonyl (C=O) groups is 1. The molecule has 0 radical (unpaired) electrons. The van der Waals surface area contributed by atoms with E-state index in [0.29, 0.717) is 16.1 Å². The lowest BCUT2D eigenvalue weighted by molar-refractivity contribution is 0.0792. The molecule has 3 aromatic rings. The Hall–Kier alpha value is -2.87. The Kier molecular flexibility index (Phi) is 8.76. The molecule has 0 unspecified atom stereocenters. The number of likely N-dealkylation sites (tertiary alicyclic amines) is 1. The van der Waals surface area contributed by atoms with Crippen molar-refractivity contribution in [3.05, 3.63) is 88.6 Å². The van der Waals surface area contributed by atoms with Crippen molar-refractivity contribution >= 4 is 41.2 Å². The average molecular weight is 534 g/mol. The average Bonchev–Trinajstić information content (AvgIpc) is 3.48. The van der Waals surface area contributed by atoms with Gasteiger partial charge in [-0.1, -0.05) is 78.0 Å². The second-order valence-corrected chi connectivity index (χ2v) is 10.8. The fourth-order valence-electron chi connectivity index (χ4n) is 4.72. The molecule has 192 valence electrons. The van der Waals surface area contributed by atoms with Gasteiger partial charge in [-0.3, -0.25) is 9.69 Å². The molecule has 2 aromatic carbocycles. The summed E-state index contributed by atoms with van der Waals surface area (Å²) >= 11 is 7.94. The number of carbonyl (C=O) groups excluding carboxylic acids is 1. The third kappa shape index (κ3) is 7.12. The van der Waals surface area contributed by atoms with Crippen LogP contribution < -0.4 is 4.90 Å². The number of anilines is 1. The second-order valence-electron chi connectivity index (χ2n) is 9.42. The van der Waals surface area contributed by atoms with Crippen molar-refractivity contribution in [1.29, 1.82) is 0 Å². The SMILES string of the molecule is O=C(c1cccc(CSc2nc(Cl)cc(N3CCN(CC=Cc4ccccc4)CC3)n2)c1)N1CCCC1. The maximum absolute atomic E-state index is 12.7. The first-order valence-electron chi connectivity index (χ1n) is 12.9. The number of hydrogen-bond donors (Lipinski definition) is 0. The fraction of sp³-hybridized carbons (Fsp3) is 0.345. The lowest BCUT2D eigenvalue weighted by Gasteiger charge is -2.35. The first kappa shape index (κ1) is 25.8. The summed E-state index contributed by atoms with van der Waals surface area (Å²) in [6.07, 6.45) is 6.60. The molecule has 0 saturated carbocycles. The molecule has 3 heterocycles. The van der Waals surface area contributed by atoms with Crippen molar-refractivity contribution in [2.24, 2.45) is 0 Å². The van der Waals surface area contributed by atoms with E-state index in [9.17, 15) is 4.79 Å². The summed E-state index contributed by atoms with van der Waals surface area (Å²) in [5.41, 5.74) is 3.06. The van der Waals surface area contributed by atoms with Crippen LogP contribution in [-0.4, -0.2) is 71.5 Å². The van der Waals surface area contributed by atoms with Crippen molar-refractivity contribution in [1.82, 2.24) is 19.8 Å². The predicted octanol–water partition coefficient (Wildman–Crippen LogP) is 5.49.